The minimum atomic E-state index is -0.347. The van der Waals surface area contributed by atoms with E-state index in [9.17, 15) is 4.79 Å². The van der Waals surface area contributed by atoms with Crippen molar-refractivity contribution in [3.63, 3.8) is 0 Å². The van der Waals surface area contributed by atoms with Crippen molar-refractivity contribution in [1.29, 1.82) is 0 Å². The van der Waals surface area contributed by atoms with Crippen molar-refractivity contribution in [3.05, 3.63) is 61.2 Å². The van der Waals surface area contributed by atoms with E-state index in [-0.39, 0.29) is 5.91 Å². The van der Waals surface area contributed by atoms with Gasteiger partial charge in [0.2, 0.25) is 17.7 Å². The van der Waals surface area contributed by atoms with Crippen molar-refractivity contribution >= 4 is 34.6 Å². The quantitative estimate of drug-likeness (QED) is 0.316. The molecular formula is C26H31N9O2. The average molecular weight is 502 g/mol. The molecule has 1 amide bonds. The van der Waals surface area contributed by atoms with Crippen molar-refractivity contribution in [1.82, 2.24) is 29.2 Å². The predicted molar refractivity (Wildman–Crippen MR) is 146 cm³/mol. The van der Waals surface area contributed by atoms with E-state index in [0.717, 1.165) is 23.6 Å². The maximum absolute atomic E-state index is 12.2. The number of pyridine rings is 2. The molecule has 0 aliphatic carbocycles. The van der Waals surface area contributed by atoms with Crippen molar-refractivity contribution in [3.8, 4) is 17.3 Å². The summed E-state index contributed by atoms with van der Waals surface area (Å²) in [6.07, 6.45) is 4.84. The van der Waals surface area contributed by atoms with Crippen LogP contribution in [0.25, 0.3) is 16.9 Å². The maximum Gasteiger partial charge on any atom is 0.247 e. The summed E-state index contributed by atoms with van der Waals surface area (Å²) in [6.45, 7) is 7.00. The number of ether oxygens (including phenoxy) is 1. The van der Waals surface area contributed by atoms with Gasteiger partial charge in [-0.15, -0.1) is 0 Å². The number of amides is 1. The van der Waals surface area contributed by atoms with Crippen LogP contribution in [0.4, 0.5) is 23.1 Å². The fourth-order valence-corrected chi connectivity index (χ4v) is 3.81. The Morgan fingerprint density at radius 3 is 2.68 bits per heavy atom. The molecule has 0 spiro atoms. The first kappa shape index (κ1) is 25.6. The molecule has 192 valence electrons. The molecule has 11 heteroatoms. The molecule has 0 bridgehead atoms. The van der Waals surface area contributed by atoms with E-state index in [4.69, 9.17) is 9.72 Å². The maximum atomic E-state index is 12.2. The number of imidazole rings is 1. The van der Waals surface area contributed by atoms with E-state index >= 15 is 0 Å². The van der Waals surface area contributed by atoms with Gasteiger partial charge in [-0.25, -0.2) is 15.0 Å². The Bertz CT molecular complexity index is 1430. The van der Waals surface area contributed by atoms with Gasteiger partial charge in [-0.05, 0) is 51.4 Å². The first-order valence-electron chi connectivity index (χ1n) is 11.7. The van der Waals surface area contributed by atoms with Crippen LogP contribution in [0.15, 0.2) is 55.4 Å². The standard InChI is InChI=1S/C26H31N9O2/c1-7-22(36)29-19-16-20(25(37-6)32-24(19)34(5)15-14-33(3)4)31-26-27-12-11-18(30-26)23-21-10-8-9-13-35(21)17(2)28-23/h7-13,16H,1,14-15H2,2-6H3,(H,29,36)(H,27,30,31). The van der Waals surface area contributed by atoms with Crippen LogP contribution in [0.1, 0.15) is 5.82 Å². The van der Waals surface area contributed by atoms with Crippen molar-refractivity contribution < 1.29 is 9.53 Å². The molecule has 0 aliphatic heterocycles. The number of carbonyl (C=O) groups is 1. The number of fused-ring (bicyclic) bond motifs is 1. The van der Waals surface area contributed by atoms with Gasteiger partial charge in [0.25, 0.3) is 0 Å². The van der Waals surface area contributed by atoms with Gasteiger partial charge in [-0.2, -0.15) is 4.98 Å². The predicted octanol–water partition coefficient (Wildman–Crippen LogP) is 3.37. The SMILES string of the molecule is C=CC(=O)Nc1cc(Nc2nccc(-c3nc(C)n4ccccc34)n2)c(OC)nc1N(C)CCN(C)C. The topological polar surface area (TPSA) is 113 Å². The molecule has 0 aromatic carbocycles. The average Bonchev–Trinajstić information content (AvgIpc) is 3.24. The number of methoxy groups -OCH3 is 1. The number of nitrogens with one attached hydrogen (secondary N) is 2. The van der Waals surface area contributed by atoms with Gasteiger partial charge in [0.1, 0.15) is 17.2 Å². The molecule has 0 unspecified atom stereocenters. The van der Waals surface area contributed by atoms with Crippen LogP contribution in [-0.2, 0) is 4.79 Å². The summed E-state index contributed by atoms with van der Waals surface area (Å²) in [4.78, 5) is 34.7. The van der Waals surface area contributed by atoms with Crippen molar-refractivity contribution in [2.75, 3.05) is 56.9 Å². The third kappa shape index (κ3) is 5.67. The number of hydrogen-bond acceptors (Lipinski definition) is 9. The summed E-state index contributed by atoms with van der Waals surface area (Å²) < 4.78 is 7.59. The highest BCUT2D eigenvalue weighted by atomic mass is 16.5. The first-order valence-corrected chi connectivity index (χ1v) is 11.7. The molecule has 37 heavy (non-hydrogen) atoms. The molecule has 0 atom stereocenters. The molecule has 4 heterocycles. The molecule has 0 aliphatic rings. The molecule has 0 fully saturated rings. The van der Waals surface area contributed by atoms with E-state index in [1.807, 2.05) is 67.8 Å². The number of anilines is 4. The van der Waals surface area contributed by atoms with Crippen molar-refractivity contribution in [2.24, 2.45) is 0 Å². The van der Waals surface area contributed by atoms with Crippen LogP contribution < -0.4 is 20.3 Å². The number of carbonyl (C=O) groups excluding carboxylic acids is 1. The summed E-state index contributed by atoms with van der Waals surface area (Å²) in [5.74, 6) is 1.75. The van der Waals surface area contributed by atoms with E-state index in [1.165, 1.54) is 13.2 Å². The third-order valence-electron chi connectivity index (χ3n) is 5.72. The second-order valence-corrected chi connectivity index (χ2v) is 8.69. The molecular weight excluding hydrogens is 470 g/mol. The minimum absolute atomic E-state index is 0.334. The van der Waals surface area contributed by atoms with Gasteiger partial charge in [0.15, 0.2) is 5.82 Å². The minimum Gasteiger partial charge on any atom is -0.479 e. The second-order valence-electron chi connectivity index (χ2n) is 8.69. The Kier molecular flexibility index (Phi) is 7.63. The molecule has 0 radical (unpaired) electrons. The van der Waals surface area contributed by atoms with Gasteiger partial charge in [-0.3, -0.25) is 4.79 Å². The summed E-state index contributed by atoms with van der Waals surface area (Å²) in [7, 11) is 7.44. The van der Waals surface area contributed by atoms with Gasteiger partial charge >= 0.3 is 0 Å². The highest BCUT2D eigenvalue weighted by Crippen LogP contribution is 2.35. The summed E-state index contributed by atoms with van der Waals surface area (Å²) >= 11 is 0. The Morgan fingerprint density at radius 1 is 1.14 bits per heavy atom. The second kappa shape index (κ2) is 11.0. The first-order chi connectivity index (χ1) is 17.8. The van der Waals surface area contributed by atoms with Crippen LogP contribution in [0, 0.1) is 6.92 Å². The Hall–Kier alpha value is -4.51. The number of rotatable bonds is 10. The molecule has 2 N–H and O–H groups in total. The fraction of sp³-hybridized carbons (Fsp3) is 0.269. The van der Waals surface area contributed by atoms with E-state index in [1.54, 1.807) is 12.3 Å². The number of aryl methyl sites for hydroxylation is 1. The third-order valence-corrected chi connectivity index (χ3v) is 5.72. The lowest BCUT2D eigenvalue weighted by atomic mass is 10.2. The highest BCUT2D eigenvalue weighted by Gasteiger charge is 2.19. The lowest BCUT2D eigenvalue weighted by Gasteiger charge is -2.24. The molecule has 0 saturated carbocycles. The fourth-order valence-electron chi connectivity index (χ4n) is 3.81. The Labute approximate surface area is 215 Å². The Balaban J connectivity index is 1.71. The van der Waals surface area contributed by atoms with E-state index in [2.05, 4.69) is 37.1 Å². The normalized spacial score (nSPS) is 11.0. The summed E-state index contributed by atoms with van der Waals surface area (Å²) in [5.41, 5.74) is 3.37. The van der Waals surface area contributed by atoms with E-state index in [0.29, 0.717) is 41.3 Å². The summed E-state index contributed by atoms with van der Waals surface area (Å²) in [5, 5.41) is 6.03. The highest BCUT2D eigenvalue weighted by molar-refractivity contribution is 6.01. The van der Waals surface area contributed by atoms with E-state index < -0.39 is 0 Å². The number of aromatic nitrogens is 5. The van der Waals surface area contributed by atoms with Crippen LogP contribution in [0.2, 0.25) is 0 Å². The van der Waals surface area contributed by atoms with Crippen LogP contribution in [0.3, 0.4) is 0 Å². The number of hydrogen-bond donors (Lipinski definition) is 2. The zero-order chi connectivity index (χ0) is 26.5. The number of nitrogens with zero attached hydrogens (tertiary/aromatic N) is 7. The number of likely N-dealkylation sites (N-methyl/N-ethyl adjacent to an activating group) is 2. The lowest BCUT2D eigenvalue weighted by Crippen LogP contribution is -2.30. The summed E-state index contributed by atoms with van der Waals surface area (Å²) in [6, 6.07) is 9.49. The zero-order valence-electron chi connectivity index (χ0n) is 21.7. The lowest BCUT2D eigenvalue weighted by molar-refractivity contribution is -0.111. The van der Waals surface area contributed by atoms with Crippen molar-refractivity contribution in [2.45, 2.75) is 6.92 Å². The van der Waals surface area contributed by atoms with Gasteiger partial charge in [-0.1, -0.05) is 12.6 Å². The van der Waals surface area contributed by atoms with Crippen LogP contribution >= 0.6 is 0 Å². The smallest absolute Gasteiger partial charge is 0.247 e. The molecule has 4 rings (SSSR count). The largest absolute Gasteiger partial charge is 0.479 e. The molecule has 4 aromatic heterocycles. The molecule has 4 aromatic rings. The zero-order valence-corrected chi connectivity index (χ0v) is 21.7. The monoisotopic (exact) mass is 501 g/mol. The molecule has 11 nitrogen and oxygen atoms in total. The van der Waals surface area contributed by atoms with Crippen LogP contribution in [-0.4, -0.2) is 76.5 Å². The van der Waals surface area contributed by atoms with Gasteiger partial charge < -0.3 is 29.6 Å². The Morgan fingerprint density at radius 2 is 1.95 bits per heavy atom. The molecule has 0 saturated heterocycles. The van der Waals surface area contributed by atoms with Gasteiger partial charge in [0.05, 0.1) is 24.0 Å². The van der Waals surface area contributed by atoms with Crippen LogP contribution in [0.5, 0.6) is 5.88 Å². The van der Waals surface area contributed by atoms with Gasteiger partial charge in [0, 0.05) is 32.5 Å².